The van der Waals surface area contributed by atoms with Crippen molar-refractivity contribution >= 4 is 17.0 Å². The van der Waals surface area contributed by atoms with E-state index in [1.165, 1.54) is 7.11 Å². The van der Waals surface area contributed by atoms with Gasteiger partial charge in [-0.3, -0.25) is 4.79 Å². The molecule has 1 amide bonds. The standard InChI is InChI=1S/C17H16N2O3/c1-11(17-19-13-8-4-6-10-15(13)22-17)18-16(20)12-7-3-5-9-14(12)21-2/h3-11H,1-2H3,(H,18,20). The van der Waals surface area contributed by atoms with Crippen molar-refractivity contribution in [3.8, 4) is 5.75 Å². The van der Waals surface area contributed by atoms with Gasteiger partial charge in [0.15, 0.2) is 5.58 Å². The molecular formula is C17H16N2O3. The van der Waals surface area contributed by atoms with E-state index in [-0.39, 0.29) is 11.9 Å². The van der Waals surface area contributed by atoms with E-state index < -0.39 is 0 Å². The Bertz CT molecular complexity index is 777. The molecule has 5 heteroatoms. The third-order valence-electron chi connectivity index (χ3n) is 3.38. The Kier molecular flexibility index (Phi) is 3.78. The van der Waals surface area contributed by atoms with E-state index in [9.17, 15) is 4.79 Å². The number of aromatic nitrogens is 1. The monoisotopic (exact) mass is 296 g/mol. The molecule has 2 aromatic carbocycles. The van der Waals surface area contributed by atoms with Crippen LogP contribution in [0.15, 0.2) is 52.9 Å². The van der Waals surface area contributed by atoms with Gasteiger partial charge in [0.1, 0.15) is 17.3 Å². The third-order valence-corrected chi connectivity index (χ3v) is 3.38. The van der Waals surface area contributed by atoms with Crippen LogP contribution < -0.4 is 10.1 Å². The van der Waals surface area contributed by atoms with Crippen LogP contribution in [-0.2, 0) is 0 Å². The van der Waals surface area contributed by atoms with Gasteiger partial charge in [0, 0.05) is 0 Å². The Morgan fingerprint density at radius 1 is 1.18 bits per heavy atom. The molecule has 0 radical (unpaired) electrons. The van der Waals surface area contributed by atoms with Gasteiger partial charge in [-0.2, -0.15) is 0 Å². The number of hydrogen-bond donors (Lipinski definition) is 1. The number of oxazole rings is 1. The number of rotatable bonds is 4. The quantitative estimate of drug-likeness (QED) is 0.802. The highest BCUT2D eigenvalue weighted by molar-refractivity contribution is 5.97. The number of para-hydroxylation sites is 3. The van der Waals surface area contributed by atoms with Crippen molar-refractivity contribution in [1.82, 2.24) is 10.3 Å². The molecule has 0 fully saturated rings. The molecule has 1 aromatic heterocycles. The topological polar surface area (TPSA) is 64.4 Å². The summed E-state index contributed by atoms with van der Waals surface area (Å²) in [6, 6.07) is 14.2. The van der Waals surface area contributed by atoms with E-state index >= 15 is 0 Å². The average molecular weight is 296 g/mol. The maximum absolute atomic E-state index is 12.4. The highest BCUT2D eigenvalue weighted by atomic mass is 16.5. The normalized spacial score (nSPS) is 12.1. The van der Waals surface area contributed by atoms with Gasteiger partial charge in [-0.15, -0.1) is 0 Å². The third kappa shape index (κ3) is 2.65. The van der Waals surface area contributed by atoms with Crippen molar-refractivity contribution in [3.63, 3.8) is 0 Å². The van der Waals surface area contributed by atoms with Crippen LogP contribution in [0.2, 0.25) is 0 Å². The summed E-state index contributed by atoms with van der Waals surface area (Å²) >= 11 is 0. The summed E-state index contributed by atoms with van der Waals surface area (Å²) in [7, 11) is 1.54. The maximum atomic E-state index is 12.4. The molecule has 0 spiro atoms. The minimum absolute atomic E-state index is 0.229. The van der Waals surface area contributed by atoms with Gasteiger partial charge < -0.3 is 14.5 Å². The van der Waals surface area contributed by atoms with Crippen LogP contribution in [0.1, 0.15) is 29.2 Å². The summed E-state index contributed by atoms with van der Waals surface area (Å²) < 4.78 is 10.9. The van der Waals surface area contributed by atoms with Crippen molar-refractivity contribution in [3.05, 3.63) is 60.0 Å². The maximum Gasteiger partial charge on any atom is 0.255 e. The lowest BCUT2D eigenvalue weighted by Crippen LogP contribution is -2.27. The lowest BCUT2D eigenvalue weighted by molar-refractivity contribution is 0.0931. The first-order valence-electron chi connectivity index (χ1n) is 6.98. The van der Waals surface area contributed by atoms with Crippen molar-refractivity contribution in [2.24, 2.45) is 0 Å². The van der Waals surface area contributed by atoms with Crippen molar-refractivity contribution in [1.29, 1.82) is 0 Å². The summed E-state index contributed by atoms with van der Waals surface area (Å²) in [5, 5.41) is 2.87. The first kappa shape index (κ1) is 14.1. The average Bonchev–Trinajstić information content (AvgIpc) is 2.99. The number of benzene rings is 2. The number of hydrogen-bond acceptors (Lipinski definition) is 4. The van der Waals surface area contributed by atoms with Crippen LogP contribution in [0.4, 0.5) is 0 Å². The zero-order chi connectivity index (χ0) is 15.5. The van der Waals surface area contributed by atoms with Gasteiger partial charge in [0.25, 0.3) is 5.91 Å². The summed E-state index contributed by atoms with van der Waals surface area (Å²) in [6.45, 7) is 1.83. The fourth-order valence-electron chi connectivity index (χ4n) is 2.24. The zero-order valence-corrected chi connectivity index (χ0v) is 12.4. The molecule has 0 saturated heterocycles. The Morgan fingerprint density at radius 3 is 2.68 bits per heavy atom. The summed E-state index contributed by atoms with van der Waals surface area (Å²) in [4.78, 5) is 16.8. The zero-order valence-electron chi connectivity index (χ0n) is 12.4. The fourth-order valence-corrected chi connectivity index (χ4v) is 2.24. The Balaban J connectivity index is 1.81. The van der Waals surface area contributed by atoms with Crippen LogP contribution in [0.25, 0.3) is 11.1 Å². The molecule has 1 N–H and O–H groups in total. The molecule has 1 heterocycles. The van der Waals surface area contributed by atoms with Crippen LogP contribution in [0.3, 0.4) is 0 Å². The van der Waals surface area contributed by atoms with E-state index in [4.69, 9.17) is 9.15 Å². The number of carbonyl (C=O) groups excluding carboxylic acids is 1. The molecule has 0 aliphatic heterocycles. The molecule has 112 valence electrons. The van der Waals surface area contributed by atoms with Crippen LogP contribution >= 0.6 is 0 Å². The highest BCUT2D eigenvalue weighted by Crippen LogP contribution is 2.21. The summed E-state index contributed by atoms with van der Waals surface area (Å²) in [5.41, 5.74) is 1.96. The second-order valence-corrected chi connectivity index (χ2v) is 4.92. The summed E-state index contributed by atoms with van der Waals surface area (Å²) in [5.74, 6) is 0.779. The van der Waals surface area contributed by atoms with E-state index in [0.29, 0.717) is 22.8 Å². The van der Waals surface area contributed by atoms with E-state index in [1.807, 2.05) is 37.3 Å². The number of nitrogens with one attached hydrogen (secondary N) is 1. The summed E-state index contributed by atoms with van der Waals surface area (Å²) in [6.07, 6.45) is 0. The lowest BCUT2D eigenvalue weighted by atomic mass is 10.1. The van der Waals surface area contributed by atoms with Gasteiger partial charge in [-0.1, -0.05) is 24.3 Å². The first-order valence-corrected chi connectivity index (χ1v) is 6.98. The largest absolute Gasteiger partial charge is 0.496 e. The van der Waals surface area contributed by atoms with Crippen LogP contribution in [0, 0.1) is 0 Å². The van der Waals surface area contributed by atoms with Crippen LogP contribution in [0.5, 0.6) is 5.75 Å². The Morgan fingerprint density at radius 2 is 1.91 bits per heavy atom. The molecular weight excluding hydrogens is 280 g/mol. The molecule has 1 atom stereocenters. The first-order chi connectivity index (χ1) is 10.7. The fraction of sp³-hybridized carbons (Fsp3) is 0.176. The molecule has 1 unspecified atom stereocenters. The minimum atomic E-state index is -0.343. The smallest absolute Gasteiger partial charge is 0.255 e. The molecule has 5 nitrogen and oxygen atoms in total. The van der Waals surface area contributed by atoms with Gasteiger partial charge in [0.05, 0.1) is 12.7 Å². The molecule has 0 bridgehead atoms. The lowest BCUT2D eigenvalue weighted by Gasteiger charge is -2.12. The number of carbonyl (C=O) groups is 1. The SMILES string of the molecule is COc1ccccc1C(=O)NC(C)c1nc2ccccc2o1. The van der Waals surface area contributed by atoms with Crippen molar-refractivity contribution in [2.75, 3.05) is 7.11 Å². The highest BCUT2D eigenvalue weighted by Gasteiger charge is 2.18. The number of amides is 1. The van der Waals surface area contributed by atoms with E-state index in [0.717, 1.165) is 5.52 Å². The minimum Gasteiger partial charge on any atom is -0.496 e. The molecule has 22 heavy (non-hydrogen) atoms. The molecule has 3 aromatic rings. The molecule has 3 rings (SSSR count). The number of methoxy groups -OCH3 is 1. The second kappa shape index (κ2) is 5.89. The van der Waals surface area contributed by atoms with E-state index in [2.05, 4.69) is 10.3 Å². The number of fused-ring (bicyclic) bond motifs is 1. The predicted molar refractivity (Wildman–Crippen MR) is 82.9 cm³/mol. The van der Waals surface area contributed by atoms with Crippen molar-refractivity contribution in [2.45, 2.75) is 13.0 Å². The van der Waals surface area contributed by atoms with E-state index in [1.54, 1.807) is 18.2 Å². The van der Waals surface area contributed by atoms with Gasteiger partial charge in [0.2, 0.25) is 5.89 Å². The van der Waals surface area contributed by atoms with Crippen LogP contribution in [-0.4, -0.2) is 18.0 Å². The molecule has 0 aliphatic rings. The molecule has 0 saturated carbocycles. The van der Waals surface area contributed by atoms with Crippen molar-refractivity contribution < 1.29 is 13.9 Å². The van der Waals surface area contributed by atoms with Gasteiger partial charge >= 0.3 is 0 Å². The Labute approximate surface area is 127 Å². The second-order valence-electron chi connectivity index (χ2n) is 4.92. The van der Waals surface area contributed by atoms with Gasteiger partial charge in [-0.25, -0.2) is 4.98 Å². The predicted octanol–water partition coefficient (Wildman–Crippen LogP) is 3.33. The number of ether oxygens (including phenoxy) is 1. The number of nitrogens with zero attached hydrogens (tertiary/aromatic N) is 1. The van der Waals surface area contributed by atoms with Gasteiger partial charge in [-0.05, 0) is 31.2 Å². The molecule has 0 aliphatic carbocycles. The Hall–Kier alpha value is -2.82.